The molecule has 0 saturated heterocycles. The summed E-state index contributed by atoms with van der Waals surface area (Å²) >= 11 is 0. The molecule has 0 aliphatic heterocycles. The summed E-state index contributed by atoms with van der Waals surface area (Å²) in [5.74, 6) is 0. The van der Waals surface area contributed by atoms with Gasteiger partial charge < -0.3 is 5.32 Å². The van der Waals surface area contributed by atoms with E-state index in [1.165, 1.54) is 0 Å². The van der Waals surface area contributed by atoms with Crippen LogP contribution in [0.25, 0.3) is 0 Å². The van der Waals surface area contributed by atoms with E-state index in [2.05, 4.69) is 10.3 Å². The molecule has 0 bridgehead atoms. The van der Waals surface area contributed by atoms with E-state index in [1.807, 2.05) is 19.3 Å². The summed E-state index contributed by atoms with van der Waals surface area (Å²) in [4.78, 5) is 3.72. The van der Waals surface area contributed by atoms with Crippen LogP contribution in [0.5, 0.6) is 0 Å². The first kappa shape index (κ1) is 6.21. The lowest BCUT2D eigenvalue weighted by atomic mass is 10.6. The summed E-state index contributed by atoms with van der Waals surface area (Å²) in [6, 6.07) is 0. The highest BCUT2D eigenvalue weighted by Crippen LogP contribution is 1.57. The standard InChI is InChI=1S/C5H10N2/c1-6-4-3-5-7-2/h3-6H,1-2H3/b4-3-,7-5+. The summed E-state index contributed by atoms with van der Waals surface area (Å²) < 4.78 is 0. The SMILES string of the molecule is C/N=C/C=C\NC. The molecule has 0 amide bonds. The second kappa shape index (κ2) is 5.21. The number of nitrogens with zero attached hydrogens (tertiary/aromatic N) is 1. The van der Waals surface area contributed by atoms with Crippen molar-refractivity contribution in [1.29, 1.82) is 0 Å². The second-order valence-electron chi connectivity index (χ2n) is 1.06. The first-order valence-electron chi connectivity index (χ1n) is 2.16. The number of aliphatic imine (C=N–C) groups is 1. The van der Waals surface area contributed by atoms with E-state index < -0.39 is 0 Å². The van der Waals surface area contributed by atoms with Crippen LogP contribution in [0.1, 0.15) is 0 Å². The minimum Gasteiger partial charge on any atom is -0.394 e. The minimum absolute atomic E-state index is 1.72. The van der Waals surface area contributed by atoms with E-state index in [0.29, 0.717) is 0 Å². The molecule has 40 valence electrons. The zero-order chi connectivity index (χ0) is 5.54. The molecule has 0 aromatic heterocycles. The predicted octanol–water partition coefficient (Wildman–Crippen LogP) is 0.420. The lowest BCUT2D eigenvalue weighted by molar-refractivity contribution is 1.11. The quantitative estimate of drug-likeness (QED) is 0.497. The van der Waals surface area contributed by atoms with Gasteiger partial charge in [-0.3, -0.25) is 4.99 Å². The van der Waals surface area contributed by atoms with E-state index in [4.69, 9.17) is 0 Å². The smallest absolute Gasteiger partial charge is 0.0277 e. The van der Waals surface area contributed by atoms with Crippen molar-refractivity contribution in [3.05, 3.63) is 12.3 Å². The van der Waals surface area contributed by atoms with Gasteiger partial charge >= 0.3 is 0 Å². The van der Waals surface area contributed by atoms with E-state index in [0.717, 1.165) is 0 Å². The summed E-state index contributed by atoms with van der Waals surface area (Å²) in [5.41, 5.74) is 0. The van der Waals surface area contributed by atoms with E-state index in [1.54, 1.807) is 13.3 Å². The summed E-state index contributed by atoms with van der Waals surface area (Å²) in [6.45, 7) is 0. The molecule has 2 heteroatoms. The fourth-order valence-electron chi connectivity index (χ4n) is 0.225. The normalized spacial score (nSPS) is 11.1. The third kappa shape index (κ3) is 5.21. The Bertz CT molecular complexity index is 74.1. The van der Waals surface area contributed by atoms with Gasteiger partial charge in [0.05, 0.1) is 0 Å². The summed E-state index contributed by atoms with van der Waals surface area (Å²) in [5, 5.41) is 2.83. The Hall–Kier alpha value is -0.790. The van der Waals surface area contributed by atoms with Gasteiger partial charge in [0.15, 0.2) is 0 Å². The third-order valence-corrected chi connectivity index (χ3v) is 0.498. The van der Waals surface area contributed by atoms with Crippen LogP contribution in [-0.2, 0) is 0 Å². The molecule has 0 atom stereocenters. The van der Waals surface area contributed by atoms with Crippen molar-refractivity contribution in [2.45, 2.75) is 0 Å². The zero-order valence-corrected chi connectivity index (χ0v) is 4.68. The number of hydrogen-bond donors (Lipinski definition) is 1. The van der Waals surface area contributed by atoms with Crippen molar-refractivity contribution >= 4 is 6.21 Å². The van der Waals surface area contributed by atoms with Crippen molar-refractivity contribution in [2.24, 2.45) is 4.99 Å². The topological polar surface area (TPSA) is 24.4 Å². The van der Waals surface area contributed by atoms with Crippen LogP contribution < -0.4 is 5.32 Å². The lowest BCUT2D eigenvalue weighted by Gasteiger charge is -1.77. The van der Waals surface area contributed by atoms with Gasteiger partial charge in [-0.15, -0.1) is 0 Å². The largest absolute Gasteiger partial charge is 0.394 e. The number of allylic oxidation sites excluding steroid dienone is 1. The maximum atomic E-state index is 3.72. The Labute approximate surface area is 44.0 Å². The molecule has 1 N–H and O–H groups in total. The Balaban J connectivity index is 3.09. The van der Waals surface area contributed by atoms with Gasteiger partial charge in [0.2, 0.25) is 0 Å². The molecule has 0 saturated carbocycles. The van der Waals surface area contributed by atoms with Gasteiger partial charge in [0, 0.05) is 20.3 Å². The predicted molar refractivity (Wildman–Crippen MR) is 32.6 cm³/mol. The van der Waals surface area contributed by atoms with Gasteiger partial charge in [0.1, 0.15) is 0 Å². The van der Waals surface area contributed by atoms with E-state index in [-0.39, 0.29) is 0 Å². The highest BCUT2D eigenvalue weighted by atomic mass is 14.8. The maximum absolute atomic E-state index is 3.72. The monoisotopic (exact) mass is 98.1 g/mol. The van der Waals surface area contributed by atoms with Crippen molar-refractivity contribution in [2.75, 3.05) is 14.1 Å². The highest BCUT2D eigenvalue weighted by molar-refractivity contribution is 5.70. The summed E-state index contributed by atoms with van der Waals surface area (Å²) in [7, 11) is 3.58. The van der Waals surface area contributed by atoms with Gasteiger partial charge in [-0.05, 0) is 12.3 Å². The molecule has 0 spiro atoms. The highest BCUT2D eigenvalue weighted by Gasteiger charge is 1.54. The van der Waals surface area contributed by atoms with Gasteiger partial charge in [-0.1, -0.05) is 0 Å². The Kier molecular flexibility index (Phi) is 4.62. The molecule has 0 heterocycles. The second-order valence-corrected chi connectivity index (χ2v) is 1.06. The molecule has 2 nitrogen and oxygen atoms in total. The van der Waals surface area contributed by atoms with Crippen molar-refractivity contribution in [3.63, 3.8) is 0 Å². The van der Waals surface area contributed by atoms with Crippen molar-refractivity contribution in [3.8, 4) is 0 Å². The van der Waals surface area contributed by atoms with Crippen LogP contribution in [0.4, 0.5) is 0 Å². The maximum Gasteiger partial charge on any atom is 0.0277 e. The molecule has 0 radical (unpaired) electrons. The average Bonchev–Trinajstić information content (AvgIpc) is 1.69. The minimum atomic E-state index is 1.72. The fourth-order valence-corrected chi connectivity index (χ4v) is 0.225. The molecule has 0 aromatic carbocycles. The zero-order valence-electron chi connectivity index (χ0n) is 4.68. The van der Waals surface area contributed by atoms with Gasteiger partial charge in [-0.2, -0.15) is 0 Å². The van der Waals surface area contributed by atoms with E-state index in [9.17, 15) is 0 Å². The number of hydrogen-bond acceptors (Lipinski definition) is 2. The molecule has 0 aliphatic rings. The molecule has 0 aromatic rings. The number of nitrogens with one attached hydrogen (secondary N) is 1. The van der Waals surface area contributed by atoms with Crippen LogP contribution in [0, 0.1) is 0 Å². The molecular weight excluding hydrogens is 88.1 g/mol. The molecule has 0 aliphatic carbocycles. The van der Waals surface area contributed by atoms with Gasteiger partial charge in [0.25, 0.3) is 0 Å². The molecule has 7 heavy (non-hydrogen) atoms. The van der Waals surface area contributed by atoms with Crippen LogP contribution in [0.3, 0.4) is 0 Å². The van der Waals surface area contributed by atoms with Crippen LogP contribution >= 0.6 is 0 Å². The molecule has 0 fully saturated rings. The van der Waals surface area contributed by atoms with E-state index >= 15 is 0 Å². The third-order valence-electron chi connectivity index (χ3n) is 0.498. The first-order chi connectivity index (χ1) is 3.41. The van der Waals surface area contributed by atoms with Crippen LogP contribution in [-0.4, -0.2) is 20.3 Å². The van der Waals surface area contributed by atoms with Crippen molar-refractivity contribution < 1.29 is 0 Å². The Morgan fingerprint density at radius 2 is 2.29 bits per heavy atom. The average molecular weight is 98.1 g/mol. The summed E-state index contributed by atoms with van der Waals surface area (Å²) in [6.07, 6.45) is 5.36. The van der Waals surface area contributed by atoms with Crippen LogP contribution in [0.15, 0.2) is 17.3 Å². The molecular formula is C5H10N2. The van der Waals surface area contributed by atoms with Crippen molar-refractivity contribution in [1.82, 2.24) is 5.32 Å². The molecule has 0 rings (SSSR count). The first-order valence-corrected chi connectivity index (χ1v) is 2.16. The van der Waals surface area contributed by atoms with Crippen LogP contribution in [0.2, 0.25) is 0 Å². The molecule has 0 unspecified atom stereocenters. The van der Waals surface area contributed by atoms with Gasteiger partial charge in [-0.25, -0.2) is 0 Å². The Morgan fingerprint density at radius 3 is 2.71 bits per heavy atom. The Morgan fingerprint density at radius 1 is 1.57 bits per heavy atom. The lowest BCUT2D eigenvalue weighted by Crippen LogP contribution is -1.90. The number of rotatable bonds is 2. The fraction of sp³-hybridized carbons (Fsp3) is 0.400.